The molecule has 0 aromatic carbocycles. The van der Waals surface area contributed by atoms with Crippen LogP contribution in [-0.2, 0) is 9.53 Å². The van der Waals surface area contributed by atoms with Crippen molar-refractivity contribution < 1.29 is 9.53 Å². The maximum Gasteiger partial charge on any atom is 0.133 e. The minimum atomic E-state index is 0.421. The van der Waals surface area contributed by atoms with Crippen LogP contribution in [0.2, 0.25) is 0 Å². The number of carbonyl (C=O) groups is 1. The number of hydrogen-bond donors (Lipinski definition) is 0. The van der Waals surface area contributed by atoms with Gasteiger partial charge in [0, 0.05) is 19.4 Å². The molecule has 2 rings (SSSR count). The zero-order valence-electron chi connectivity index (χ0n) is 12.7. The summed E-state index contributed by atoms with van der Waals surface area (Å²) >= 11 is 0. The molecular formula is C17H30O2. The first-order valence-corrected chi connectivity index (χ1v) is 8.33. The monoisotopic (exact) mass is 266 g/mol. The predicted molar refractivity (Wildman–Crippen MR) is 78.2 cm³/mol. The van der Waals surface area contributed by atoms with E-state index >= 15 is 0 Å². The lowest BCUT2D eigenvalue weighted by atomic mass is 9.76. The predicted octanol–water partition coefficient (Wildman–Crippen LogP) is 4.51. The van der Waals surface area contributed by atoms with E-state index in [1.807, 2.05) is 0 Å². The van der Waals surface area contributed by atoms with Crippen LogP contribution < -0.4 is 0 Å². The first kappa shape index (κ1) is 15.0. The van der Waals surface area contributed by atoms with Crippen LogP contribution in [0.5, 0.6) is 0 Å². The largest absolute Gasteiger partial charge is 0.379 e. The van der Waals surface area contributed by atoms with Crippen molar-refractivity contribution in [1.82, 2.24) is 0 Å². The summed E-state index contributed by atoms with van der Waals surface area (Å²) in [6.45, 7) is 5.12. The van der Waals surface area contributed by atoms with Gasteiger partial charge in [0.2, 0.25) is 0 Å². The highest BCUT2D eigenvalue weighted by atomic mass is 16.5. The molecule has 0 spiro atoms. The first-order chi connectivity index (χ1) is 9.20. The van der Waals surface area contributed by atoms with Crippen molar-refractivity contribution in [2.75, 3.05) is 6.61 Å². The molecule has 0 aliphatic heterocycles. The van der Waals surface area contributed by atoms with Gasteiger partial charge in [0.05, 0.1) is 6.10 Å². The van der Waals surface area contributed by atoms with Gasteiger partial charge in [-0.1, -0.05) is 26.2 Å². The van der Waals surface area contributed by atoms with E-state index < -0.39 is 0 Å². The number of ketones is 1. The van der Waals surface area contributed by atoms with Crippen LogP contribution >= 0.6 is 0 Å². The highest BCUT2D eigenvalue weighted by Gasteiger charge is 2.48. The fourth-order valence-electron chi connectivity index (χ4n) is 4.41. The molecule has 2 aliphatic carbocycles. The van der Waals surface area contributed by atoms with E-state index in [1.165, 1.54) is 44.9 Å². The second-order valence-electron chi connectivity index (χ2n) is 6.60. The molecular weight excluding hydrogens is 236 g/mol. The summed E-state index contributed by atoms with van der Waals surface area (Å²) in [5.74, 6) is 1.26. The Labute approximate surface area is 118 Å². The quantitative estimate of drug-likeness (QED) is 0.604. The molecule has 2 aliphatic rings. The molecule has 2 nitrogen and oxygen atoms in total. The second-order valence-corrected chi connectivity index (χ2v) is 6.60. The van der Waals surface area contributed by atoms with E-state index in [2.05, 4.69) is 13.8 Å². The van der Waals surface area contributed by atoms with E-state index in [4.69, 9.17) is 4.74 Å². The van der Waals surface area contributed by atoms with Crippen molar-refractivity contribution in [3.8, 4) is 0 Å². The maximum atomic E-state index is 11.7. The molecule has 0 heterocycles. The molecule has 3 atom stereocenters. The van der Waals surface area contributed by atoms with Gasteiger partial charge in [-0.05, 0) is 50.4 Å². The molecule has 3 unspecified atom stereocenters. The summed E-state index contributed by atoms with van der Waals surface area (Å²) in [6, 6.07) is 0. The van der Waals surface area contributed by atoms with Gasteiger partial charge in [0.15, 0.2) is 0 Å². The molecule has 0 bridgehead atoms. The van der Waals surface area contributed by atoms with Gasteiger partial charge in [-0.2, -0.15) is 0 Å². The van der Waals surface area contributed by atoms with E-state index in [0.29, 0.717) is 17.3 Å². The molecule has 0 amide bonds. The summed E-state index contributed by atoms with van der Waals surface area (Å²) in [6.07, 6.45) is 12.4. The van der Waals surface area contributed by atoms with Crippen LogP contribution in [0.15, 0.2) is 0 Å². The van der Waals surface area contributed by atoms with Gasteiger partial charge in [0.25, 0.3) is 0 Å². The smallest absolute Gasteiger partial charge is 0.133 e. The molecule has 2 saturated carbocycles. The molecule has 0 saturated heterocycles. The number of hydrogen-bond acceptors (Lipinski definition) is 2. The molecule has 0 N–H and O–H groups in total. The Bertz CT molecular complexity index is 300. The summed E-state index contributed by atoms with van der Waals surface area (Å²) in [4.78, 5) is 11.7. The Balaban J connectivity index is 1.71. The number of ether oxygens (including phenoxy) is 1. The van der Waals surface area contributed by atoms with E-state index in [9.17, 15) is 4.79 Å². The maximum absolute atomic E-state index is 11.7. The average molecular weight is 266 g/mol. The summed E-state index contributed by atoms with van der Waals surface area (Å²) in [5.41, 5.74) is 0.421. The summed E-state index contributed by atoms with van der Waals surface area (Å²) in [5, 5.41) is 0. The Morgan fingerprint density at radius 1 is 1.37 bits per heavy atom. The molecule has 2 heteroatoms. The minimum Gasteiger partial charge on any atom is -0.379 e. The molecule has 0 radical (unpaired) electrons. The Kier molecular flexibility index (Phi) is 5.44. The number of unbranched alkanes of at least 4 members (excludes halogenated alkanes) is 1. The lowest BCUT2D eigenvalue weighted by Gasteiger charge is -2.28. The third-order valence-corrected chi connectivity index (χ3v) is 5.43. The second kappa shape index (κ2) is 6.88. The van der Waals surface area contributed by atoms with Crippen LogP contribution in [0.3, 0.4) is 0 Å². The van der Waals surface area contributed by atoms with Gasteiger partial charge in [-0.3, -0.25) is 4.79 Å². The molecule has 2 fully saturated rings. The van der Waals surface area contributed by atoms with Gasteiger partial charge in [-0.15, -0.1) is 0 Å². The fourth-order valence-corrected chi connectivity index (χ4v) is 4.41. The van der Waals surface area contributed by atoms with Gasteiger partial charge >= 0.3 is 0 Å². The van der Waals surface area contributed by atoms with Crippen molar-refractivity contribution >= 4 is 5.78 Å². The number of carbonyl (C=O) groups excluding carboxylic acids is 1. The summed E-state index contributed by atoms with van der Waals surface area (Å²) in [7, 11) is 0. The number of fused-ring (bicyclic) bond motifs is 1. The van der Waals surface area contributed by atoms with E-state index in [-0.39, 0.29) is 0 Å². The zero-order chi connectivity index (χ0) is 13.7. The lowest BCUT2D eigenvalue weighted by molar-refractivity contribution is -0.118. The van der Waals surface area contributed by atoms with Crippen LogP contribution in [-0.4, -0.2) is 18.5 Å². The summed E-state index contributed by atoms with van der Waals surface area (Å²) < 4.78 is 5.71. The first-order valence-electron chi connectivity index (χ1n) is 8.33. The van der Waals surface area contributed by atoms with Gasteiger partial charge in [0.1, 0.15) is 5.78 Å². The van der Waals surface area contributed by atoms with Gasteiger partial charge in [-0.25, -0.2) is 0 Å². The van der Waals surface area contributed by atoms with E-state index in [0.717, 1.165) is 31.8 Å². The van der Waals surface area contributed by atoms with Crippen LogP contribution in [0.25, 0.3) is 0 Å². The highest BCUT2D eigenvalue weighted by Crippen LogP contribution is 2.55. The fraction of sp³-hybridized carbons (Fsp3) is 0.941. The third-order valence-electron chi connectivity index (χ3n) is 5.43. The van der Waals surface area contributed by atoms with Crippen molar-refractivity contribution in [2.45, 2.75) is 84.2 Å². The molecule has 19 heavy (non-hydrogen) atoms. The standard InChI is InChI=1S/C17H30O2/c1-3-16(19-4-2)9-5-6-10-17-11-7-8-14(17)12-15(18)13-17/h14,16H,3-13H2,1-2H3. The Hall–Kier alpha value is -0.370. The van der Waals surface area contributed by atoms with E-state index in [1.54, 1.807) is 0 Å². The van der Waals surface area contributed by atoms with Crippen molar-refractivity contribution in [3.63, 3.8) is 0 Å². The third kappa shape index (κ3) is 3.59. The number of Topliss-reactive ketones (excluding diaryl/α,β-unsaturated/α-hetero) is 1. The molecule has 110 valence electrons. The van der Waals surface area contributed by atoms with Gasteiger partial charge < -0.3 is 4.74 Å². The topological polar surface area (TPSA) is 26.3 Å². The normalized spacial score (nSPS) is 31.7. The Morgan fingerprint density at radius 3 is 2.95 bits per heavy atom. The van der Waals surface area contributed by atoms with Crippen molar-refractivity contribution in [1.29, 1.82) is 0 Å². The van der Waals surface area contributed by atoms with Crippen LogP contribution in [0.4, 0.5) is 0 Å². The lowest BCUT2D eigenvalue weighted by Crippen LogP contribution is -2.20. The van der Waals surface area contributed by atoms with Crippen molar-refractivity contribution in [3.05, 3.63) is 0 Å². The number of rotatable bonds is 8. The van der Waals surface area contributed by atoms with Crippen LogP contribution in [0.1, 0.15) is 78.1 Å². The zero-order valence-corrected chi connectivity index (χ0v) is 12.7. The van der Waals surface area contributed by atoms with Crippen LogP contribution in [0, 0.1) is 11.3 Å². The molecule has 0 aromatic rings. The average Bonchev–Trinajstić information content (AvgIpc) is 2.88. The molecule has 0 aromatic heterocycles. The minimum absolute atomic E-state index is 0.421. The highest BCUT2D eigenvalue weighted by molar-refractivity contribution is 5.82. The Morgan fingerprint density at radius 2 is 2.21 bits per heavy atom. The van der Waals surface area contributed by atoms with Crippen molar-refractivity contribution in [2.24, 2.45) is 11.3 Å². The SMILES string of the molecule is CCOC(CC)CCCCC12CCCC1CC(=O)C2.